The van der Waals surface area contributed by atoms with E-state index in [1.54, 1.807) is 0 Å². The van der Waals surface area contributed by atoms with E-state index in [-0.39, 0.29) is 0 Å². The first-order valence-corrected chi connectivity index (χ1v) is 10.2. The monoisotopic (exact) mass is 378 g/mol. The first-order valence-electron chi connectivity index (χ1n) is 10.2. The standard InChI is InChI=1S/C21H26N6O/c1-2-27-14-16(12-22-27)13-25-10-8-19-18(25)9-11-26(19)15-20-23-21(24-28-20)17-6-4-3-5-7-17/h3-7,12,14,18-19H,2,8-11,13,15H2,1H3/t18-,19-/m0/s1. The Morgan fingerprint density at radius 3 is 2.50 bits per heavy atom. The van der Waals surface area contributed by atoms with E-state index >= 15 is 0 Å². The third-order valence-corrected chi connectivity index (χ3v) is 6.04. The Hall–Kier alpha value is -2.51. The molecule has 2 atom stereocenters. The highest BCUT2D eigenvalue weighted by Crippen LogP contribution is 2.33. The van der Waals surface area contributed by atoms with Gasteiger partial charge in [-0.05, 0) is 19.8 Å². The molecular formula is C21H26N6O. The van der Waals surface area contributed by atoms with Gasteiger partial charge in [0.2, 0.25) is 11.7 Å². The maximum absolute atomic E-state index is 5.54. The molecule has 0 N–H and O–H groups in total. The number of nitrogens with zero attached hydrogens (tertiary/aromatic N) is 6. The molecule has 0 saturated carbocycles. The zero-order valence-electron chi connectivity index (χ0n) is 16.2. The van der Waals surface area contributed by atoms with E-state index in [0.29, 0.717) is 23.8 Å². The topological polar surface area (TPSA) is 63.2 Å². The van der Waals surface area contributed by atoms with Gasteiger partial charge in [0.15, 0.2) is 0 Å². The van der Waals surface area contributed by atoms with E-state index in [1.165, 1.54) is 18.4 Å². The van der Waals surface area contributed by atoms with E-state index in [9.17, 15) is 0 Å². The molecule has 0 radical (unpaired) electrons. The molecule has 2 saturated heterocycles. The van der Waals surface area contributed by atoms with Crippen molar-refractivity contribution in [2.24, 2.45) is 0 Å². The van der Waals surface area contributed by atoms with Gasteiger partial charge < -0.3 is 4.52 Å². The highest BCUT2D eigenvalue weighted by Gasteiger charge is 2.42. The van der Waals surface area contributed by atoms with Gasteiger partial charge in [-0.1, -0.05) is 35.5 Å². The predicted octanol–water partition coefficient (Wildman–Crippen LogP) is 2.80. The molecular weight excluding hydrogens is 352 g/mol. The van der Waals surface area contributed by atoms with Crippen molar-refractivity contribution in [1.82, 2.24) is 29.7 Å². The predicted molar refractivity (Wildman–Crippen MR) is 105 cm³/mol. The number of aromatic nitrogens is 4. The summed E-state index contributed by atoms with van der Waals surface area (Å²) in [5.41, 5.74) is 2.31. The maximum Gasteiger partial charge on any atom is 0.241 e. The zero-order chi connectivity index (χ0) is 18.9. The average molecular weight is 378 g/mol. The van der Waals surface area contributed by atoms with Crippen molar-refractivity contribution in [1.29, 1.82) is 0 Å². The molecule has 0 bridgehead atoms. The quantitative estimate of drug-likeness (QED) is 0.657. The van der Waals surface area contributed by atoms with Crippen molar-refractivity contribution < 1.29 is 4.52 Å². The van der Waals surface area contributed by atoms with Crippen molar-refractivity contribution in [3.63, 3.8) is 0 Å². The second-order valence-corrected chi connectivity index (χ2v) is 7.74. The normalized spacial score (nSPS) is 22.8. The van der Waals surface area contributed by atoms with Crippen LogP contribution in [0.1, 0.15) is 31.2 Å². The number of rotatable bonds is 6. The van der Waals surface area contributed by atoms with Crippen LogP contribution < -0.4 is 0 Å². The van der Waals surface area contributed by atoms with Gasteiger partial charge in [0, 0.05) is 55.6 Å². The van der Waals surface area contributed by atoms with Gasteiger partial charge in [-0.3, -0.25) is 14.5 Å². The van der Waals surface area contributed by atoms with Crippen LogP contribution in [0.5, 0.6) is 0 Å². The van der Waals surface area contributed by atoms with Gasteiger partial charge in [0.1, 0.15) is 0 Å². The van der Waals surface area contributed by atoms with Crippen LogP contribution in [0.3, 0.4) is 0 Å². The fraction of sp³-hybridized carbons (Fsp3) is 0.476. The molecule has 3 aromatic rings. The average Bonchev–Trinajstić information content (AvgIpc) is 3.50. The van der Waals surface area contributed by atoms with Crippen LogP contribution in [-0.4, -0.2) is 54.9 Å². The number of hydrogen-bond acceptors (Lipinski definition) is 6. The number of benzene rings is 1. The largest absolute Gasteiger partial charge is 0.338 e. The molecule has 146 valence electrons. The van der Waals surface area contributed by atoms with E-state index in [1.807, 2.05) is 41.2 Å². The summed E-state index contributed by atoms with van der Waals surface area (Å²) >= 11 is 0. The second kappa shape index (κ2) is 7.48. The lowest BCUT2D eigenvalue weighted by atomic mass is 10.1. The van der Waals surface area contributed by atoms with Gasteiger partial charge in [0.05, 0.1) is 12.7 Å². The number of fused-ring (bicyclic) bond motifs is 1. The minimum Gasteiger partial charge on any atom is -0.338 e. The number of likely N-dealkylation sites (tertiary alicyclic amines) is 2. The minimum atomic E-state index is 0.577. The highest BCUT2D eigenvalue weighted by molar-refractivity contribution is 5.53. The second-order valence-electron chi connectivity index (χ2n) is 7.74. The Kier molecular flexibility index (Phi) is 4.70. The maximum atomic E-state index is 5.54. The van der Waals surface area contributed by atoms with Gasteiger partial charge in [-0.15, -0.1) is 0 Å². The van der Waals surface area contributed by atoms with Crippen molar-refractivity contribution in [3.8, 4) is 11.4 Å². The van der Waals surface area contributed by atoms with Crippen LogP contribution in [0.15, 0.2) is 47.2 Å². The molecule has 0 aliphatic carbocycles. The van der Waals surface area contributed by atoms with E-state index in [0.717, 1.165) is 38.3 Å². The summed E-state index contributed by atoms with van der Waals surface area (Å²) in [4.78, 5) is 9.75. The molecule has 0 amide bonds. The zero-order valence-corrected chi connectivity index (χ0v) is 16.2. The van der Waals surface area contributed by atoms with Gasteiger partial charge in [-0.25, -0.2) is 0 Å². The molecule has 7 nitrogen and oxygen atoms in total. The SMILES string of the molecule is CCn1cc(CN2CC[C@H]3[C@@H]2CCN3Cc2nc(-c3ccccc3)no2)cn1. The third kappa shape index (κ3) is 3.36. The number of hydrogen-bond donors (Lipinski definition) is 0. The molecule has 1 aromatic carbocycles. The summed E-state index contributed by atoms with van der Waals surface area (Å²) < 4.78 is 7.54. The summed E-state index contributed by atoms with van der Waals surface area (Å²) in [5, 5.41) is 8.58. The van der Waals surface area contributed by atoms with E-state index in [2.05, 4.69) is 38.2 Å². The summed E-state index contributed by atoms with van der Waals surface area (Å²) in [7, 11) is 0. The highest BCUT2D eigenvalue weighted by atomic mass is 16.5. The molecule has 28 heavy (non-hydrogen) atoms. The van der Waals surface area contributed by atoms with Crippen molar-refractivity contribution >= 4 is 0 Å². The molecule has 2 aliphatic rings. The van der Waals surface area contributed by atoms with Crippen LogP contribution >= 0.6 is 0 Å². The Balaban J connectivity index is 1.22. The van der Waals surface area contributed by atoms with Crippen LogP contribution in [-0.2, 0) is 19.6 Å². The summed E-state index contributed by atoms with van der Waals surface area (Å²) in [5.74, 6) is 1.38. The van der Waals surface area contributed by atoms with Gasteiger partial charge in [-0.2, -0.15) is 10.1 Å². The summed E-state index contributed by atoms with van der Waals surface area (Å²) in [6.07, 6.45) is 6.58. The lowest BCUT2D eigenvalue weighted by Crippen LogP contribution is -2.36. The lowest BCUT2D eigenvalue weighted by Gasteiger charge is -2.24. The van der Waals surface area contributed by atoms with Crippen LogP contribution in [0.2, 0.25) is 0 Å². The molecule has 0 spiro atoms. The molecule has 7 heteroatoms. The van der Waals surface area contributed by atoms with Crippen molar-refractivity contribution in [2.45, 2.75) is 51.5 Å². The summed E-state index contributed by atoms with van der Waals surface area (Å²) in [6.45, 7) is 7.01. The smallest absolute Gasteiger partial charge is 0.241 e. The molecule has 0 unspecified atom stereocenters. The van der Waals surface area contributed by atoms with Crippen LogP contribution in [0, 0.1) is 0 Å². The lowest BCUT2D eigenvalue weighted by molar-refractivity contribution is 0.194. The molecule has 5 rings (SSSR count). The van der Waals surface area contributed by atoms with Crippen LogP contribution in [0.4, 0.5) is 0 Å². The first kappa shape index (κ1) is 17.6. The Bertz CT molecular complexity index is 920. The third-order valence-electron chi connectivity index (χ3n) is 6.04. The summed E-state index contributed by atoms with van der Waals surface area (Å²) in [6, 6.07) is 11.2. The molecule has 4 heterocycles. The first-order chi connectivity index (χ1) is 13.8. The van der Waals surface area contributed by atoms with Crippen molar-refractivity contribution in [3.05, 3.63) is 54.2 Å². The van der Waals surface area contributed by atoms with Crippen molar-refractivity contribution in [2.75, 3.05) is 13.1 Å². The Morgan fingerprint density at radius 1 is 1.04 bits per heavy atom. The molecule has 2 aromatic heterocycles. The Labute approximate surface area is 164 Å². The number of aryl methyl sites for hydroxylation is 1. The molecule has 2 aliphatic heterocycles. The minimum absolute atomic E-state index is 0.577. The Morgan fingerprint density at radius 2 is 1.79 bits per heavy atom. The van der Waals surface area contributed by atoms with Gasteiger partial charge >= 0.3 is 0 Å². The molecule has 2 fully saturated rings. The fourth-order valence-corrected chi connectivity index (χ4v) is 4.65. The van der Waals surface area contributed by atoms with E-state index in [4.69, 9.17) is 4.52 Å². The van der Waals surface area contributed by atoms with Gasteiger partial charge in [0.25, 0.3) is 0 Å². The van der Waals surface area contributed by atoms with E-state index < -0.39 is 0 Å². The van der Waals surface area contributed by atoms with Crippen LogP contribution in [0.25, 0.3) is 11.4 Å². The fourth-order valence-electron chi connectivity index (χ4n) is 4.65.